The molecule has 0 aromatic carbocycles. The summed E-state index contributed by atoms with van der Waals surface area (Å²) < 4.78 is 0. The Balaban J connectivity index is 0.00000144. The lowest BCUT2D eigenvalue weighted by molar-refractivity contribution is -0.135. The number of rotatable bonds is 3. The topological polar surface area (TPSA) is 32.3 Å². The van der Waals surface area contributed by atoms with Gasteiger partial charge in [0.2, 0.25) is 5.91 Å². The number of carbonyl (C=O) groups excluding carboxylic acids is 1. The highest BCUT2D eigenvalue weighted by molar-refractivity contribution is 5.85. The molecule has 0 radical (unpaired) electrons. The first-order valence-corrected chi connectivity index (χ1v) is 6.71. The van der Waals surface area contributed by atoms with Gasteiger partial charge in [-0.2, -0.15) is 0 Å². The summed E-state index contributed by atoms with van der Waals surface area (Å²) in [5, 5.41) is 3.41. The van der Waals surface area contributed by atoms with Gasteiger partial charge in [-0.1, -0.05) is 19.3 Å². The summed E-state index contributed by atoms with van der Waals surface area (Å²) in [6.07, 6.45) is 5.95. The molecule has 17 heavy (non-hydrogen) atoms. The van der Waals surface area contributed by atoms with Crippen molar-refractivity contribution >= 4 is 18.3 Å². The number of halogens is 1. The molecule has 2 rings (SSSR count). The second-order valence-corrected chi connectivity index (χ2v) is 5.41. The maximum absolute atomic E-state index is 12.1. The van der Waals surface area contributed by atoms with E-state index in [9.17, 15) is 4.79 Å². The lowest BCUT2D eigenvalue weighted by Crippen LogP contribution is -2.57. The Morgan fingerprint density at radius 2 is 2.06 bits per heavy atom. The minimum Gasteiger partial charge on any atom is -0.337 e. The van der Waals surface area contributed by atoms with Gasteiger partial charge in [-0.15, -0.1) is 12.4 Å². The fourth-order valence-electron chi connectivity index (χ4n) is 2.66. The number of carbonyl (C=O) groups is 1. The molecule has 100 valence electrons. The SMILES string of the molecule is CC1NCCN(C(=O)CCC2CCC2)C1C.Cl. The summed E-state index contributed by atoms with van der Waals surface area (Å²) in [5.74, 6) is 1.22. The highest BCUT2D eigenvalue weighted by Crippen LogP contribution is 2.30. The van der Waals surface area contributed by atoms with Crippen molar-refractivity contribution in [2.75, 3.05) is 13.1 Å². The van der Waals surface area contributed by atoms with Crippen LogP contribution in [0, 0.1) is 5.92 Å². The Morgan fingerprint density at radius 3 is 2.65 bits per heavy atom. The molecule has 0 bridgehead atoms. The summed E-state index contributed by atoms with van der Waals surface area (Å²) in [4.78, 5) is 14.2. The molecule has 0 spiro atoms. The average Bonchev–Trinajstić information content (AvgIpc) is 2.19. The first-order chi connectivity index (χ1) is 7.68. The fourth-order valence-corrected chi connectivity index (χ4v) is 2.66. The van der Waals surface area contributed by atoms with Crippen LogP contribution in [0.15, 0.2) is 0 Å². The third-order valence-corrected chi connectivity index (χ3v) is 4.35. The predicted octanol–water partition coefficient (Wildman–Crippen LogP) is 2.20. The van der Waals surface area contributed by atoms with Crippen molar-refractivity contribution in [2.24, 2.45) is 5.92 Å². The molecule has 1 amide bonds. The summed E-state index contributed by atoms with van der Waals surface area (Å²) in [6, 6.07) is 0.782. The van der Waals surface area contributed by atoms with Gasteiger partial charge in [0.25, 0.3) is 0 Å². The van der Waals surface area contributed by atoms with Gasteiger partial charge in [-0.05, 0) is 26.2 Å². The number of amides is 1. The molecule has 1 heterocycles. The number of piperazine rings is 1. The molecule has 2 fully saturated rings. The maximum Gasteiger partial charge on any atom is 0.222 e. The van der Waals surface area contributed by atoms with Gasteiger partial charge in [0.15, 0.2) is 0 Å². The van der Waals surface area contributed by atoms with Gasteiger partial charge in [-0.3, -0.25) is 4.79 Å². The van der Waals surface area contributed by atoms with Crippen LogP contribution in [-0.4, -0.2) is 36.0 Å². The highest BCUT2D eigenvalue weighted by atomic mass is 35.5. The van der Waals surface area contributed by atoms with Crippen LogP contribution in [0.3, 0.4) is 0 Å². The zero-order valence-corrected chi connectivity index (χ0v) is 11.8. The largest absolute Gasteiger partial charge is 0.337 e. The molecule has 0 aromatic rings. The van der Waals surface area contributed by atoms with E-state index in [0.29, 0.717) is 18.0 Å². The Labute approximate surface area is 111 Å². The second kappa shape index (κ2) is 6.60. The molecule has 2 atom stereocenters. The molecule has 1 aliphatic carbocycles. The standard InChI is InChI=1S/C13H24N2O.ClH/c1-10-11(2)15(9-8-14-10)13(16)7-6-12-4-3-5-12;/h10-12,14H,3-9H2,1-2H3;1H. The zero-order valence-electron chi connectivity index (χ0n) is 10.9. The van der Waals surface area contributed by atoms with Gasteiger partial charge < -0.3 is 10.2 Å². The Bertz CT molecular complexity index is 256. The Morgan fingerprint density at radius 1 is 1.35 bits per heavy atom. The van der Waals surface area contributed by atoms with Crippen molar-refractivity contribution in [2.45, 2.75) is 58.0 Å². The predicted molar refractivity (Wildman–Crippen MR) is 72.5 cm³/mol. The zero-order chi connectivity index (χ0) is 11.5. The Kier molecular flexibility index (Phi) is 5.74. The molecular weight excluding hydrogens is 236 g/mol. The minimum absolute atomic E-state index is 0. The van der Waals surface area contributed by atoms with E-state index in [1.54, 1.807) is 0 Å². The van der Waals surface area contributed by atoms with Crippen molar-refractivity contribution in [1.29, 1.82) is 0 Å². The fraction of sp³-hybridized carbons (Fsp3) is 0.923. The quantitative estimate of drug-likeness (QED) is 0.844. The second-order valence-electron chi connectivity index (χ2n) is 5.41. The highest BCUT2D eigenvalue weighted by Gasteiger charge is 2.28. The maximum atomic E-state index is 12.1. The lowest BCUT2D eigenvalue weighted by atomic mass is 9.82. The van der Waals surface area contributed by atoms with Gasteiger partial charge >= 0.3 is 0 Å². The van der Waals surface area contributed by atoms with E-state index in [0.717, 1.165) is 31.8 Å². The first kappa shape index (κ1) is 14.8. The number of nitrogens with one attached hydrogen (secondary N) is 1. The lowest BCUT2D eigenvalue weighted by Gasteiger charge is -2.39. The summed E-state index contributed by atoms with van der Waals surface area (Å²) in [5.41, 5.74) is 0. The molecular formula is C13H25ClN2O. The first-order valence-electron chi connectivity index (χ1n) is 6.71. The van der Waals surface area contributed by atoms with Crippen LogP contribution < -0.4 is 5.32 Å². The van der Waals surface area contributed by atoms with E-state index in [1.165, 1.54) is 19.3 Å². The Hall–Kier alpha value is -0.280. The van der Waals surface area contributed by atoms with Crippen LogP contribution in [-0.2, 0) is 4.79 Å². The summed E-state index contributed by atoms with van der Waals surface area (Å²) >= 11 is 0. The van der Waals surface area contributed by atoms with Gasteiger partial charge in [0, 0.05) is 31.6 Å². The van der Waals surface area contributed by atoms with E-state index in [4.69, 9.17) is 0 Å². The van der Waals surface area contributed by atoms with E-state index in [2.05, 4.69) is 24.1 Å². The number of nitrogens with zero attached hydrogens (tertiary/aromatic N) is 1. The minimum atomic E-state index is 0. The van der Waals surface area contributed by atoms with Gasteiger partial charge in [0.05, 0.1) is 0 Å². The molecule has 3 nitrogen and oxygen atoms in total. The molecule has 2 unspecified atom stereocenters. The molecule has 4 heteroatoms. The number of hydrogen-bond acceptors (Lipinski definition) is 2. The van der Waals surface area contributed by atoms with Crippen LogP contribution in [0.25, 0.3) is 0 Å². The van der Waals surface area contributed by atoms with Gasteiger partial charge in [0.1, 0.15) is 0 Å². The monoisotopic (exact) mass is 260 g/mol. The van der Waals surface area contributed by atoms with E-state index < -0.39 is 0 Å². The summed E-state index contributed by atoms with van der Waals surface area (Å²) in [6.45, 7) is 6.14. The molecule has 2 aliphatic rings. The van der Waals surface area contributed by atoms with E-state index >= 15 is 0 Å². The third-order valence-electron chi connectivity index (χ3n) is 4.35. The van der Waals surface area contributed by atoms with Crippen molar-refractivity contribution in [3.63, 3.8) is 0 Å². The van der Waals surface area contributed by atoms with E-state index in [1.807, 2.05) is 0 Å². The van der Waals surface area contributed by atoms with Crippen LogP contribution in [0.1, 0.15) is 46.0 Å². The summed E-state index contributed by atoms with van der Waals surface area (Å²) in [7, 11) is 0. The average molecular weight is 261 g/mol. The smallest absolute Gasteiger partial charge is 0.222 e. The molecule has 1 saturated carbocycles. The molecule has 1 saturated heterocycles. The third kappa shape index (κ3) is 3.59. The molecule has 1 aliphatic heterocycles. The molecule has 1 N–H and O–H groups in total. The van der Waals surface area contributed by atoms with Crippen LogP contribution in [0.5, 0.6) is 0 Å². The van der Waals surface area contributed by atoms with Crippen molar-refractivity contribution in [3.8, 4) is 0 Å². The van der Waals surface area contributed by atoms with Crippen molar-refractivity contribution < 1.29 is 4.79 Å². The van der Waals surface area contributed by atoms with Crippen molar-refractivity contribution in [3.05, 3.63) is 0 Å². The van der Waals surface area contributed by atoms with E-state index in [-0.39, 0.29) is 12.4 Å². The van der Waals surface area contributed by atoms with Crippen LogP contribution in [0.2, 0.25) is 0 Å². The van der Waals surface area contributed by atoms with Gasteiger partial charge in [-0.25, -0.2) is 0 Å². The van der Waals surface area contributed by atoms with Crippen LogP contribution >= 0.6 is 12.4 Å². The normalized spacial score (nSPS) is 29.4. The molecule has 0 aromatic heterocycles. The van der Waals surface area contributed by atoms with Crippen molar-refractivity contribution in [1.82, 2.24) is 10.2 Å². The van der Waals surface area contributed by atoms with Crippen LogP contribution in [0.4, 0.5) is 0 Å². The number of hydrogen-bond donors (Lipinski definition) is 1.